The third-order valence-corrected chi connectivity index (χ3v) is 5.85. The van der Waals surface area contributed by atoms with Crippen molar-refractivity contribution in [2.24, 2.45) is 5.92 Å². The van der Waals surface area contributed by atoms with Crippen molar-refractivity contribution in [3.63, 3.8) is 0 Å². The zero-order chi connectivity index (χ0) is 24.8. The minimum atomic E-state index is -0.636. The Hall–Kier alpha value is -3.39. The van der Waals surface area contributed by atoms with Crippen LogP contribution in [0.25, 0.3) is 0 Å². The molecule has 1 heterocycles. The van der Waals surface area contributed by atoms with Gasteiger partial charge in [-0.05, 0) is 48.7 Å². The van der Waals surface area contributed by atoms with E-state index in [1.54, 1.807) is 38.1 Å². The summed E-state index contributed by atoms with van der Waals surface area (Å²) in [6.45, 7) is 3.40. The van der Waals surface area contributed by atoms with E-state index in [4.69, 9.17) is 21.7 Å². The second-order valence-corrected chi connectivity index (χ2v) is 8.45. The number of esters is 1. The third kappa shape index (κ3) is 5.94. The Balaban J connectivity index is 1.76. The van der Waals surface area contributed by atoms with Crippen molar-refractivity contribution >= 4 is 23.1 Å². The monoisotopic (exact) mass is 485 g/mol. The number of pyridine rings is 1. The lowest BCUT2D eigenvalue weighted by Gasteiger charge is -2.26. The molecule has 3 aromatic rings. The predicted octanol–water partition coefficient (Wildman–Crippen LogP) is 5.58. The van der Waals surface area contributed by atoms with Crippen LogP contribution in [0.2, 0.25) is 0 Å². The van der Waals surface area contributed by atoms with Gasteiger partial charge in [0, 0.05) is 23.0 Å². The van der Waals surface area contributed by atoms with Crippen molar-refractivity contribution in [2.45, 2.75) is 32.3 Å². The van der Waals surface area contributed by atoms with Crippen LogP contribution in [0.5, 0.6) is 11.5 Å². The molecule has 0 spiro atoms. The van der Waals surface area contributed by atoms with Gasteiger partial charge in [0.2, 0.25) is 0 Å². The Morgan fingerprint density at radius 2 is 1.53 bits per heavy atom. The topological polar surface area (TPSA) is 68.7 Å². The van der Waals surface area contributed by atoms with E-state index in [-0.39, 0.29) is 35.2 Å². The minimum absolute atomic E-state index is 0.131. The van der Waals surface area contributed by atoms with E-state index >= 15 is 0 Å². The highest BCUT2D eigenvalue weighted by Gasteiger charge is 2.28. The first-order valence-electron chi connectivity index (χ1n) is 10.7. The largest absolute Gasteiger partial charge is 0.503 e. The number of hydrogen-bond donors (Lipinski definition) is 1. The van der Waals surface area contributed by atoms with Gasteiger partial charge in [0.05, 0.1) is 13.0 Å². The maximum Gasteiger partial charge on any atom is 0.309 e. The van der Waals surface area contributed by atoms with Crippen LogP contribution in [0.3, 0.4) is 0 Å². The van der Waals surface area contributed by atoms with Gasteiger partial charge in [-0.1, -0.05) is 43.4 Å². The summed E-state index contributed by atoms with van der Waals surface area (Å²) in [6, 6.07) is 13.3. The zero-order valence-electron chi connectivity index (χ0n) is 19.0. The molecule has 2 aromatic carbocycles. The normalized spacial score (nSPS) is 12.8. The number of carbonyl (C=O) groups excluding carboxylic acids is 1. The predicted molar refractivity (Wildman–Crippen MR) is 128 cm³/mol. The molecule has 0 aliphatic heterocycles. The van der Waals surface area contributed by atoms with Crippen molar-refractivity contribution in [1.29, 1.82) is 0 Å². The number of rotatable bonds is 9. The average Bonchev–Trinajstić information content (AvgIpc) is 2.81. The molecule has 5 nitrogen and oxygen atoms in total. The van der Waals surface area contributed by atoms with Crippen LogP contribution in [-0.2, 0) is 9.53 Å². The smallest absolute Gasteiger partial charge is 0.309 e. The number of aromatic nitrogens is 1. The Morgan fingerprint density at radius 3 is 2.03 bits per heavy atom. The van der Waals surface area contributed by atoms with E-state index in [9.17, 15) is 18.7 Å². The number of benzene rings is 2. The average molecular weight is 486 g/mol. The van der Waals surface area contributed by atoms with Crippen molar-refractivity contribution in [3.05, 3.63) is 89.2 Å². The number of aromatic hydroxyl groups is 1. The number of nitrogens with zero attached hydrogens (tertiary/aromatic N) is 1. The second-order valence-electron chi connectivity index (χ2n) is 7.96. The van der Waals surface area contributed by atoms with Gasteiger partial charge in [0.1, 0.15) is 23.4 Å². The molecule has 34 heavy (non-hydrogen) atoms. The first kappa shape index (κ1) is 25.2. The molecule has 2 atom stereocenters. The van der Waals surface area contributed by atoms with Gasteiger partial charge in [-0.2, -0.15) is 0 Å². The van der Waals surface area contributed by atoms with Gasteiger partial charge in [-0.3, -0.25) is 9.78 Å². The van der Waals surface area contributed by atoms with E-state index in [0.29, 0.717) is 4.86 Å². The van der Waals surface area contributed by atoms with E-state index in [1.165, 1.54) is 43.6 Å². The van der Waals surface area contributed by atoms with Crippen LogP contribution in [0, 0.1) is 17.6 Å². The van der Waals surface area contributed by atoms with Gasteiger partial charge in [0.15, 0.2) is 11.5 Å². The van der Waals surface area contributed by atoms with Crippen molar-refractivity contribution in [2.75, 3.05) is 7.11 Å². The molecule has 3 rings (SSSR count). The van der Waals surface area contributed by atoms with Crippen molar-refractivity contribution < 1.29 is 28.2 Å². The number of ether oxygens (including phenoxy) is 2. The van der Waals surface area contributed by atoms with Gasteiger partial charge in [-0.25, -0.2) is 8.78 Å². The van der Waals surface area contributed by atoms with E-state index in [2.05, 4.69) is 4.98 Å². The van der Waals surface area contributed by atoms with Gasteiger partial charge < -0.3 is 14.6 Å². The molecular weight excluding hydrogens is 460 g/mol. The van der Waals surface area contributed by atoms with Gasteiger partial charge in [0.25, 0.3) is 0 Å². The molecule has 178 valence electrons. The van der Waals surface area contributed by atoms with E-state index in [0.717, 1.165) is 11.1 Å². The quantitative estimate of drug-likeness (QED) is 0.242. The van der Waals surface area contributed by atoms with Crippen LogP contribution < -0.4 is 4.74 Å². The Bertz CT molecular complexity index is 1110. The molecule has 0 amide bonds. The summed E-state index contributed by atoms with van der Waals surface area (Å²) in [5.41, 5.74) is 1.63. The Labute approximate surface area is 202 Å². The SMILES string of the molecule is COc1ccnc(C(=S)C[C@@H](C)C(=O)O[C@@H](C)C(c2ccc(F)cc2)c2ccc(F)cc2)c1O. The summed E-state index contributed by atoms with van der Waals surface area (Å²) in [5, 5.41) is 10.3. The molecule has 0 unspecified atom stereocenters. The summed E-state index contributed by atoms with van der Waals surface area (Å²) in [5.74, 6) is -2.27. The highest BCUT2D eigenvalue weighted by Crippen LogP contribution is 2.32. The van der Waals surface area contributed by atoms with Crippen LogP contribution >= 0.6 is 12.2 Å². The van der Waals surface area contributed by atoms with Crippen LogP contribution in [0.15, 0.2) is 60.8 Å². The molecule has 8 heteroatoms. The number of halogens is 2. The zero-order valence-corrected chi connectivity index (χ0v) is 19.8. The van der Waals surface area contributed by atoms with E-state index < -0.39 is 23.9 Å². The molecule has 0 saturated carbocycles. The van der Waals surface area contributed by atoms with Gasteiger partial charge in [-0.15, -0.1) is 0 Å². The maximum atomic E-state index is 13.5. The first-order valence-corrected chi connectivity index (χ1v) is 11.1. The molecule has 0 aliphatic carbocycles. The van der Waals surface area contributed by atoms with Gasteiger partial charge >= 0.3 is 5.97 Å². The minimum Gasteiger partial charge on any atom is -0.503 e. The fourth-order valence-corrected chi connectivity index (χ4v) is 4.10. The fourth-order valence-electron chi connectivity index (χ4n) is 3.71. The third-order valence-electron chi connectivity index (χ3n) is 5.49. The molecule has 0 radical (unpaired) electrons. The maximum absolute atomic E-state index is 13.5. The lowest BCUT2D eigenvalue weighted by molar-refractivity contribution is -0.153. The molecule has 1 aromatic heterocycles. The van der Waals surface area contributed by atoms with Crippen molar-refractivity contribution in [1.82, 2.24) is 4.98 Å². The molecule has 1 N–H and O–H groups in total. The molecule has 0 saturated heterocycles. The number of thiocarbonyl (C=S) groups is 1. The van der Waals surface area contributed by atoms with Crippen LogP contribution in [-0.4, -0.2) is 34.1 Å². The summed E-state index contributed by atoms with van der Waals surface area (Å²) >= 11 is 5.40. The number of carbonyl (C=O) groups is 1. The van der Waals surface area contributed by atoms with Crippen molar-refractivity contribution in [3.8, 4) is 11.5 Å². The lowest BCUT2D eigenvalue weighted by atomic mass is 9.87. The summed E-state index contributed by atoms with van der Waals surface area (Å²) in [4.78, 5) is 17.3. The number of hydrogen-bond acceptors (Lipinski definition) is 6. The molecule has 0 bridgehead atoms. The standard InChI is InChI=1S/C26H25F2NO4S/c1-15(14-22(34)24-25(30)21(32-3)12-13-29-24)26(31)33-16(2)23(17-4-8-19(27)9-5-17)18-6-10-20(28)11-7-18/h4-13,15-16,23,30H,14H2,1-3H3/t15-,16+/m1/s1. The highest BCUT2D eigenvalue weighted by molar-refractivity contribution is 7.80. The Morgan fingerprint density at radius 1 is 1.00 bits per heavy atom. The van der Waals surface area contributed by atoms with Crippen LogP contribution in [0.1, 0.15) is 43.0 Å². The Kier molecular flexibility index (Phi) is 8.28. The van der Waals surface area contributed by atoms with Crippen LogP contribution in [0.4, 0.5) is 8.78 Å². The fraction of sp³-hybridized carbons (Fsp3) is 0.269. The summed E-state index contributed by atoms with van der Waals surface area (Å²) in [6.07, 6.45) is 0.955. The number of methoxy groups -OCH3 is 1. The summed E-state index contributed by atoms with van der Waals surface area (Å²) < 4.78 is 37.8. The lowest BCUT2D eigenvalue weighted by Crippen LogP contribution is -2.27. The molecule has 0 aliphatic rings. The summed E-state index contributed by atoms with van der Waals surface area (Å²) in [7, 11) is 1.42. The first-order chi connectivity index (χ1) is 16.2. The molecule has 0 fully saturated rings. The molecular formula is C26H25F2NO4S. The second kappa shape index (κ2) is 11.2. The van der Waals surface area contributed by atoms with E-state index in [1.807, 2.05) is 0 Å². The highest BCUT2D eigenvalue weighted by atomic mass is 32.1.